The lowest BCUT2D eigenvalue weighted by Crippen LogP contribution is -2.35. The van der Waals surface area contributed by atoms with Gasteiger partial charge < -0.3 is 0 Å². The topological polar surface area (TPSA) is 0 Å². The zero-order chi connectivity index (χ0) is 32.5. The molecule has 0 spiro atoms. The van der Waals surface area contributed by atoms with Crippen molar-refractivity contribution in [3.05, 3.63) is 0 Å². The van der Waals surface area contributed by atoms with Gasteiger partial charge in [0.2, 0.25) is 0 Å². The van der Waals surface area contributed by atoms with Crippen LogP contribution in [0.3, 0.4) is 0 Å². The Morgan fingerprint density at radius 2 is 0.614 bits per heavy atom. The van der Waals surface area contributed by atoms with E-state index in [1.807, 2.05) is 0 Å². The Morgan fingerprint density at radius 1 is 0.341 bits per heavy atom. The third kappa shape index (κ3) is 23.3. The van der Waals surface area contributed by atoms with Crippen LogP contribution in [0.4, 0.5) is 0 Å². The first-order valence-corrected chi connectivity index (χ1v) is 21.1. The van der Waals surface area contributed by atoms with E-state index < -0.39 is 0 Å². The van der Waals surface area contributed by atoms with Gasteiger partial charge in [0.05, 0.1) is 0 Å². The fourth-order valence-corrected chi connectivity index (χ4v) is 8.68. The summed E-state index contributed by atoms with van der Waals surface area (Å²) in [6.45, 7) is 19.1. The van der Waals surface area contributed by atoms with Crippen LogP contribution in [0, 0.1) is 34.5 Å². The maximum Gasteiger partial charge on any atom is -0.0355 e. The molecule has 1 rings (SSSR count). The molecular weight excluding hydrogens is 528 g/mol. The highest BCUT2D eigenvalue weighted by Gasteiger charge is 2.37. The first-order valence-electron chi connectivity index (χ1n) is 21.1. The minimum Gasteiger partial charge on any atom is -0.0654 e. The molecule has 1 aliphatic rings. The molecule has 264 valence electrons. The Hall–Kier alpha value is 0. The van der Waals surface area contributed by atoms with Gasteiger partial charge >= 0.3 is 0 Å². The van der Waals surface area contributed by atoms with Crippen molar-refractivity contribution < 1.29 is 0 Å². The summed E-state index contributed by atoms with van der Waals surface area (Å²) >= 11 is 0. The van der Waals surface area contributed by atoms with Crippen LogP contribution >= 0.6 is 0 Å². The van der Waals surface area contributed by atoms with Gasteiger partial charge in [0.1, 0.15) is 0 Å². The molecule has 0 aromatic carbocycles. The van der Waals surface area contributed by atoms with Crippen LogP contribution in [0.15, 0.2) is 0 Å². The van der Waals surface area contributed by atoms with Crippen LogP contribution in [0.25, 0.3) is 0 Å². The average Bonchev–Trinajstić information content (AvgIpc) is 2.95. The van der Waals surface area contributed by atoms with Crippen molar-refractivity contribution in [2.45, 2.75) is 248 Å². The standard InChI is InChI=1S/C44H88/c1-9-11-13-15-21-27-33-41-39(31-25-14-12-10-2)35-36-40(32-26-20-16-18-23-29-37-43(3,4)5)42(41)34-28-22-17-19-24-30-38-44(6,7)8/h39-42H,9-38H2,1-8H3. The molecule has 0 heterocycles. The summed E-state index contributed by atoms with van der Waals surface area (Å²) in [4.78, 5) is 0. The lowest BCUT2D eigenvalue weighted by atomic mass is 9.61. The smallest absolute Gasteiger partial charge is 0.0355 e. The molecule has 4 unspecified atom stereocenters. The highest BCUT2D eigenvalue weighted by molar-refractivity contribution is 4.88. The van der Waals surface area contributed by atoms with Crippen molar-refractivity contribution in [3.63, 3.8) is 0 Å². The Bertz CT molecular complexity index is 603. The summed E-state index contributed by atoms with van der Waals surface area (Å²) in [7, 11) is 0. The van der Waals surface area contributed by atoms with E-state index in [0.717, 1.165) is 23.7 Å². The summed E-state index contributed by atoms with van der Waals surface area (Å²) in [6, 6.07) is 0. The molecule has 0 aromatic rings. The fourth-order valence-electron chi connectivity index (χ4n) is 8.68. The van der Waals surface area contributed by atoms with E-state index in [1.165, 1.54) is 154 Å². The van der Waals surface area contributed by atoms with Gasteiger partial charge in [-0.3, -0.25) is 0 Å². The van der Waals surface area contributed by atoms with Crippen LogP contribution < -0.4 is 0 Å². The molecule has 4 atom stereocenters. The van der Waals surface area contributed by atoms with Crippen molar-refractivity contribution in [3.8, 4) is 0 Å². The van der Waals surface area contributed by atoms with Crippen LogP contribution in [0.1, 0.15) is 248 Å². The van der Waals surface area contributed by atoms with E-state index >= 15 is 0 Å². The molecule has 0 aromatic heterocycles. The molecule has 0 aliphatic heterocycles. The Kier molecular flexibility index (Phi) is 24.8. The molecule has 0 amide bonds. The van der Waals surface area contributed by atoms with Crippen LogP contribution in [-0.2, 0) is 0 Å². The van der Waals surface area contributed by atoms with E-state index in [1.54, 1.807) is 38.5 Å². The molecule has 0 radical (unpaired) electrons. The molecule has 0 nitrogen and oxygen atoms in total. The molecule has 0 N–H and O–H groups in total. The molecule has 1 aliphatic carbocycles. The van der Waals surface area contributed by atoms with Crippen molar-refractivity contribution in [2.24, 2.45) is 34.5 Å². The van der Waals surface area contributed by atoms with E-state index in [0.29, 0.717) is 10.8 Å². The lowest BCUT2D eigenvalue weighted by Gasteiger charge is -2.44. The molecule has 0 heteroatoms. The molecule has 0 saturated heterocycles. The quantitative estimate of drug-likeness (QED) is 0.0767. The number of hydrogen-bond acceptors (Lipinski definition) is 0. The predicted octanol–water partition coefficient (Wildman–Crippen LogP) is 16.3. The van der Waals surface area contributed by atoms with Gasteiger partial charge in [-0.05, 0) is 73.0 Å². The summed E-state index contributed by atoms with van der Waals surface area (Å²) in [6.07, 6.45) is 44.5. The molecular formula is C44H88. The zero-order valence-corrected chi connectivity index (χ0v) is 32.5. The minimum atomic E-state index is 0.514. The number of hydrogen-bond donors (Lipinski definition) is 0. The Labute approximate surface area is 281 Å². The first-order chi connectivity index (χ1) is 21.1. The van der Waals surface area contributed by atoms with Crippen LogP contribution in [-0.4, -0.2) is 0 Å². The summed E-state index contributed by atoms with van der Waals surface area (Å²) in [5.74, 6) is 4.18. The van der Waals surface area contributed by atoms with Gasteiger partial charge in [-0.1, -0.05) is 209 Å². The third-order valence-electron chi connectivity index (χ3n) is 11.5. The Morgan fingerprint density at radius 3 is 0.955 bits per heavy atom. The highest BCUT2D eigenvalue weighted by Crippen LogP contribution is 2.48. The van der Waals surface area contributed by atoms with Gasteiger partial charge in [-0.25, -0.2) is 0 Å². The van der Waals surface area contributed by atoms with Gasteiger partial charge in [0.15, 0.2) is 0 Å². The predicted molar refractivity (Wildman–Crippen MR) is 203 cm³/mol. The van der Waals surface area contributed by atoms with Crippen molar-refractivity contribution in [1.82, 2.24) is 0 Å². The second-order valence-corrected chi connectivity index (χ2v) is 18.3. The zero-order valence-electron chi connectivity index (χ0n) is 32.5. The van der Waals surface area contributed by atoms with Crippen LogP contribution in [0.5, 0.6) is 0 Å². The maximum atomic E-state index is 2.40. The Balaban J connectivity index is 2.68. The van der Waals surface area contributed by atoms with Crippen molar-refractivity contribution in [1.29, 1.82) is 0 Å². The van der Waals surface area contributed by atoms with Gasteiger partial charge in [-0.2, -0.15) is 0 Å². The summed E-state index contributed by atoms with van der Waals surface area (Å²) < 4.78 is 0. The lowest BCUT2D eigenvalue weighted by molar-refractivity contribution is 0.0581. The molecule has 44 heavy (non-hydrogen) atoms. The SMILES string of the molecule is CCCCCCCCC1C(CCCCCC)CCC(CCCCCCCCC(C)(C)C)C1CCCCCCCCC(C)(C)C. The second kappa shape index (κ2) is 26.0. The van der Waals surface area contributed by atoms with E-state index in [4.69, 9.17) is 0 Å². The van der Waals surface area contributed by atoms with E-state index in [2.05, 4.69) is 55.4 Å². The highest BCUT2D eigenvalue weighted by atomic mass is 14.4. The number of rotatable bonds is 28. The largest absolute Gasteiger partial charge is 0.0654 e. The van der Waals surface area contributed by atoms with Crippen LogP contribution in [0.2, 0.25) is 0 Å². The monoisotopic (exact) mass is 617 g/mol. The third-order valence-corrected chi connectivity index (χ3v) is 11.5. The van der Waals surface area contributed by atoms with E-state index in [9.17, 15) is 0 Å². The van der Waals surface area contributed by atoms with Crippen molar-refractivity contribution >= 4 is 0 Å². The summed E-state index contributed by atoms with van der Waals surface area (Å²) in [5.41, 5.74) is 1.03. The second-order valence-electron chi connectivity index (χ2n) is 18.3. The van der Waals surface area contributed by atoms with Crippen molar-refractivity contribution in [2.75, 3.05) is 0 Å². The first kappa shape index (κ1) is 42.0. The maximum absolute atomic E-state index is 2.40. The number of unbranched alkanes of at least 4 members (excludes halogenated alkanes) is 18. The molecule has 1 fully saturated rings. The van der Waals surface area contributed by atoms with Gasteiger partial charge in [0.25, 0.3) is 0 Å². The minimum absolute atomic E-state index is 0.514. The normalized spacial score (nSPS) is 21.3. The van der Waals surface area contributed by atoms with E-state index in [-0.39, 0.29) is 0 Å². The molecule has 0 bridgehead atoms. The molecule has 1 saturated carbocycles. The van der Waals surface area contributed by atoms with Gasteiger partial charge in [-0.15, -0.1) is 0 Å². The fraction of sp³-hybridized carbons (Fsp3) is 1.00. The summed E-state index contributed by atoms with van der Waals surface area (Å²) in [5, 5.41) is 0. The van der Waals surface area contributed by atoms with Gasteiger partial charge in [0, 0.05) is 0 Å². The average molecular weight is 617 g/mol.